The van der Waals surface area contributed by atoms with E-state index in [1.54, 1.807) is 0 Å². The molecule has 0 amide bonds. The molecule has 5 aromatic rings. The Bertz CT molecular complexity index is 1660. The summed E-state index contributed by atoms with van der Waals surface area (Å²) >= 11 is 1.93. The van der Waals surface area contributed by atoms with E-state index >= 15 is 0 Å². The quantitative estimate of drug-likeness (QED) is 0.251. The molecule has 1 aliphatic carbocycles. The van der Waals surface area contributed by atoms with Gasteiger partial charge in [-0.3, -0.25) is 0 Å². The van der Waals surface area contributed by atoms with Crippen LogP contribution in [0.25, 0.3) is 31.3 Å². The molecule has 1 nitrogen and oxygen atoms in total. The van der Waals surface area contributed by atoms with Crippen molar-refractivity contribution in [1.29, 1.82) is 0 Å². The second kappa shape index (κ2) is 8.71. The molecule has 6 rings (SSSR count). The van der Waals surface area contributed by atoms with E-state index in [0.717, 1.165) is 5.69 Å². The van der Waals surface area contributed by atoms with E-state index in [2.05, 4.69) is 133 Å². The number of nitrogens with one attached hydrogen (secondary N) is 1. The van der Waals surface area contributed by atoms with Crippen LogP contribution in [-0.4, -0.2) is 0 Å². The zero-order valence-electron chi connectivity index (χ0n) is 23.8. The van der Waals surface area contributed by atoms with E-state index in [9.17, 15) is 0 Å². The SMILES string of the molecule is CC(C)(C)c1ccc(Nc2cccc3c2sc2cc4c(cc23)C(C)(C)CCC4(C)C)c(-c2ccccc2)c1. The summed E-state index contributed by atoms with van der Waals surface area (Å²) < 4.78 is 2.73. The molecule has 1 aliphatic rings. The normalized spacial score (nSPS) is 16.5. The first-order chi connectivity index (χ1) is 17.9. The van der Waals surface area contributed by atoms with Gasteiger partial charge < -0.3 is 5.32 Å². The molecule has 0 unspecified atom stereocenters. The molecular formula is C36H39NS. The lowest BCUT2D eigenvalue weighted by Crippen LogP contribution is -2.33. The van der Waals surface area contributed by atoms with Crippen LogP contribution in [0.5, 0.6) is 0 Å². The molecule has 38 heavy (non-hydrogen) atoms. The lowest BCUT2D eigenvalue weighted by Gasteiger charge is -2.41. The number of rotatable bonds is 3. The Hall–Kier alpha value is -3.10. The van der Waals surface area contributed by atoms with Crippen LogP contribution in [0.3, 0.4) is 0 Å². The molecular weight excluding hydrogens is 478 g/mol. The maximum absolute atomic E-state index is 3.87. The molecule has 0 aliphatic heterocycles. The first-order valence-corrected chi connectivity index (χ1v) is 14.7. The molecule has 0 saturated carbocycles. The number of benzene rings is 4. The third kappa shape index (κ3) is 4.24. The fraction of sp³-hybridized carbons (Fsp3) is 0.333. The maximum Gasteiger partial charge on any atom is 0.0590 e. The predicted molar refractivity (Wildman–Crippen MR) is 168 cm³/mol. The van der Waals surface area contributed by atoms with Crippen LogP contribution < -0.4 is 5.32 Å². The monoisotopic (exact) mass is 517 g/mol. The van der Waals surface area contributed by atoms with Crippen LogP contribution in [0, 0.1) is 0 Å². The van der Waals surface area contributed by atoms with Gasteiger partial charge in [-0.1, -0.05) is 97.0 Å². The van der Waals surface area contributed by atoms with Crippen molar-refractivity contribution >= 4 is 42.9 Å². The van der Waals surface area contributed by atoms with Gasteiger partial charge in [0.25, 0.3) is 0 Å². The largest absolute Gasteiger partial charge is 0.354 e. The molecule has 194 valence electrons. The van der Waals surface area contributed by atoms with Gasteiger partial charge in [-0.05, 0) is 81.7 Å². The number of thiophene rings is 1. The van der Waals surface area contributed by atoms with Crippen molar-refractivity contribution < 1.29 is 0 Å². The van der Waals surface area contributed by atoms with Gasteiger partial charge in [0.15, 0.2) is 0 Å². The summed E-state index contributed by atoms with van der Waals surface area (Å²) in [5, 5.41) is 6.61. The van der Waals surface area contributed by atoms with E-state index in [-0.39, 0.29) is 16.2 Å². The first kappa shape index (κ1) is 25.2. The van der Waals surface area contributed by atoms with Gasteiger partial charge in [0, 0.05) is 26.7 Å². The average molecular weight is 518 g/mol. The van der Waals surface area contributed by atoms with Crippen molar-refractivity contribution in [1.82, 2.24) is 0 Å². The second-order valence-electron chi connectivity index (χ2n) is 13.4. The summed E-state index contributed by atoms with van der Waals surface area (Å²) in [6, 6.07) is 29.4. The first-order valence-electron chi connectivity index (χ1n) is 13.9. The minimum atomic E-state index is 0.0915. The van der Waals surface area contributed by atoms with Crippen LogP contribution in [0.2, 0.25) is 0 Å². The molecule has 0 bridgehead atoms. The minimum absolute atomic E-state index is 0.0915. The standard InChI is InChI=1S/C36H39NS/c1-34(2,3)24-16-17-30(26(20-24)23-12-9-8-10-13-23)37-31-15-11-14-25-27-21-28-29(22-32(27)38-33(25)31)36(6,7)19-18-35(28,4)5/h8-17,20-22,37H,18-19H2,1-7H3. The van der Waals surface area contributed by atoms with E-state index in [4.69, 9.17) is 0 Å². The molecule has 2 heteroatoms. The highest BCUT2D eigenvalue weighted by Crippen LogP contribution is 2.50. The van der Waals surface area contributed by atoms with Crippen molar-refractivity contribution in [2.45, 2.75) is 77.6 Å². The molecule has 4 aromatic carbocycles. The van der Waals surface area contributed by atoms with Crippen molar-refractivity contribution in [2.24, 2.45) is 0 Å². The molecule has 0 saturated heterocycles. The van der Waals surface area contributed by atoms with Crippen LogP contribution in [0.1, 0.15) is 78.0 Å². The Kier molecular flexibility index (Phi) is 5.78. The topological polar surface area (TPSA) is 12.0 Å². The maximum atomic E-state index is 3.87. The van der Waals surface area contributed by atoms with E-state index in [1.165, 1.54) is 66.5 Å². The Labute approximate surface area is 231 Å². The molecule has 0 spiro atoms. The number of hydrogen-bond acceptors (Lipinski definition) is 2. The summed E-state index contributed by atoms with van der Waals surface area (Å²) in [6.45, 7) is 16.5. The summed E-state index contributed by atoms with van der Waals surface area (Å²) in [4.78, 5) is 0. The van der Waals surface area contributed by atoms with Crippen molar-refractivity contribution in [3.63, 3.8) is 0 Å². The van der Waals surface area contributed by atoms with Gasteiger partial charge >= 0.3 is 0 Å². The third-order valence-corrected chi connectivity index (χ3v) is 9.91. The third-order valence-electron chi connectivity index (χ3n) is 8.71. The summed E-state index contributed by atoms with van der Waals surface area (Å²) in [7, 11) is 0. The minimum Gasteiger partial charge on any atom is -0.354 e. The van der Waals surface area contributed by atoms with Crippen LogP contribution in [0.15, 0.2) is 78.9 Å². The Morgan fingerprint density at radius 1 is 0.684 bits per heavy atom. The molecule has 0 atom stereocenters. The van der Waals surface area contributed by atoms with E-state index in [0.29, 0.717) is 0 Å². The summed E-state index contributed by atoms with van der Waals surface area (Å²) in [6.07, 6.45) is 2.48. The zero-order chi connectivity index (χ0) is 26.9. The van der Waals surface area contributed by atoms with Crippen molar-refractivity contribution in [3.05, 3.63) is 95.6 Å². The Morgan fingerprint density at radius 3 is 2.05 bits per heavy atom. The fourth-order valence-electron chi connectivity index (χ4n) is 6.08. The van der Waals surface area contributed by atoms with Gasteiger partial charge in [-0.25, -0.2) is 0 Å². The zero-order valence-corrected chi connectivity index (χ0v) is 24.6. The molecule has 0 radical (unpaired) electrons. The van der Waals surface area contributed by atoms with Gasteiger partial charge in [0.1, 0.15) is 0 Å². The highest BCUT2D eigenvalue weighted by Gasteiger charge is 2.37. The Morgan fingerprint density at radius 2 is 1.37 bits per heavy atom. The van der Waals surface area contributed by atoms with Gasteiger partial charge in [0.2, 0.25) is 0 Å². The van der Waals surface area contributed by atoms with Crippen molar-refractivity contribution in [2.75, 3.05) is 5.32 Å². The molecule has 1 N–H and O–H groups in total. The fourth-order valence-corrected chi connectivity index (χ4v) is 7.27. The smallest absolute Gasteiger partial charge is 0.0590 e. The van der Waals surface area contributed by atoms with Gasteiger partial charge in [-0.15, -0.1) is 11.3 Å². The highest BCUT2D eigenvalue weighted by molar-refractivity contribution is 7.26. The number of fused-ring (bicyclic) bond motifs is 4. The van der Waals surface area contributed by atoms with Crippen molar-refractivity contribution in [3.8, 4) is 11.1 Å². The molecule has 1 aromatic heterocycles. The Balaban J connectivity index is 1.51. The van der Waals surface area contributed by atoms with Crippen LogP contribution in [0.4, 0.5) is 11.4 Å². The lowest BCUT2D eigenvalue weighted by molar-refractivity contribution is 0.332. The van der Waals surface area contributed by atoms with Crippen LogP contribution >= 0.6 is 11.3 Å². The van der Waals surface area contributed by atoms with E-state index in [1.807, 2.05) is 11.3 Å². The highest BCUT2D eigenvalue weighted by atomic mass is 32.1. The number of anilines is 2. The second-order valence-corrected chi connectivity index (χ2v) is 14.5. The average Bonchev–Trinajstić information content (AvgIpc) is 3.25. The summed E-state index contributed by atoms with van der Waals surface area (Å²) in [5.74, 6) is 0. The lowest BCUT2D eigenvalue weighted by atomic mass is 9.63. The summed E-state index contributed by atoms with van der Waals surface area (Å²) in [5.41, 5.74) is 9.74. The molecule has 0 fully saturated rings. The van der Waals surface area contributed by atoms with Crippen LogP contribution in [-0.2, 0) is 16.2 Å². The van der Waals surface area contributed by atoms with Gasteiger partial charge in [0.05, 0.1) is 10.4 Å². The predicted octanol–water partition coefficient (Wildman–Crippen LogP) is 11.1. The molecule has 1 heterocycles. The van der Waals surface area contributed by atoms with E-state index < -0.39 is 0 Å². The number of hydrogen-bond donors (Lipinski definition) is 1. The van der Waals surface area contributed by atoms with Gasteiger partial charge in [-0.2, -0.15) is 0 Å².